The SMILES string of the molecule is Fc1ccc2c(c1)CCC2C1CCCN1. The van der Waals surface area contributed by atoms with E-state index >= 15 is 0 Å². The zero-order valence-corrected chi connectivity index (χ0v) is 8.80. The van der Waals surface area contributed by atoms with Crippen LogP contribution in [0.25, 0.3) is 0 Å². The van der Waals surface area contributed by atoms with Gasteiger partial charge in [-0.1, -0.05) is 6.07 Å². The molecule has 1 aliphatic carbocycles. The molecular formula is C13H16FN. The summed E-state index contributed by atoms with van der Waals surface area (Å²) in [5, 5.41) is 3.56. The Balaban J connectivity index is 1.90. The van der Waals surface area contributed by atoms with E-state index < -0.39 is 0 Å². The minimum Gasteiger partial charge on any atom is -0.313 e. The molecule has 0 radical (unpaired) electrons. The van der Waals surface area contributed by atoms with Gasteiger partial charge >= 0.3 is 0 Å². The molecule has 80 valence electrons. The molecule has 0 aromatic heterocycles. The van der Waals surface area contributed by atoms with Crippen LogP contribution in [0.5, 0.6) is 0 Å². The van der Waals surface area contributed by atoms with E-state index in [0.717, 1.165) is 13.0 Å². The van der Waals surface area contributed by atoms with Crippen LogP contribution in [-0.2, 0) is 6.42 Å². The van der Waals surface area contributed by atoms with Crippen molar-refractivity contribution in [2.24, 2.45) is 0 Å². The third kappa shape index (κ3) is 1.57. The second-order valence-corrected chi connectivity index (χ2v) is 4.69. The zero-order valence-electron chi connectivity index (χ0n) is 8.80. The Morgan fingerprint density at radius 3 is 3.00 bits per heavy atom. The molecule has 1 saturated heterocycles. The predicted molar refractivity (Wildman–Crippen MR) is 58.5 cm³/mol. The molecule has 0 spiro atoms. The van der Waals surface area contributed by atoms with Crippen LogP contribution in [-0.4, -0.2) is 12.6 Å². The fourth-order valence-corrected chi connectivity index (χ4v) is 3.09. The number of nitrogens with one attached hydrogen (secondary N) is 1. The highest BCUT2D eigenvalue weighted by Crippen LogP contribution is 2.38. The molecule has 1 aliphatic heterocycles. The normalized spacial score (nSPS) is 29.4. The molecule has 15 heavy (non-hydrogen) atoms. The van der Waals surface area contributed by atoms with Crippen molar-refractivity contribution in [3.05, 3.63) is 35.1 Å². The molecule has 2 atom stereocenters. The predicted octanol–water partition coefficient (Wildman–Crippen LogP) is 2.61. The molecule has 1 aromatic rings. The van der Waals surface area contributed by atoms with Gasteiger partial charge in [0.05, 0.1) is 0 Å². The largest absolute Gasteiger partial charge is 0.313 e. The first-order valence-electron chi connectivity index (χ1n) is 5.86. The van der Waals surface area contributed by atoms with Gasteiger partial charge in [-0.05, 0) is 61.4 Å². The second-order valence-electron chi connectivity index (χ2n) is 4.69. The molecule has 2 aliphatic rings. The highest BCUT2D eigenvalue weighted by molar-refractivity contribution is 5.36. The molecule has 1 fully saturated rings. The quantitative estimate of drug-likeness (QED) is 0.743. The first-order chi connectivity index (χ1) is 7.34. The summed E-state index contributed by atoms with van der Waals surface area (Å²) in [6, 6.07) is 5.94. The van der Waals surface area contributed by atoms with Crippen LogP contribution in [0.1, 0.15) is 36.3 Å². The van der Waals surface area contributed by atoms with Crippen LogP contribution in [0, 0.1) is 5.82 Å². The van der Waals surface area contributed by atoms with E-state index in [2.05, 4.69) is 5.32 Å². The van der Waals surface area contributed by atoms with Crippen molar-refractivity contribution in [3.8, 4) is 0 Å². The molecule has 3 rings (SSSR count). The van der Waals surface area contributed by atoms with Gasteiger partial charge in [-0.15, -0.1) is 0 Å². The fraction of sp³-hybridized carbons (Fsp3) is 0.538. The summed E-state index contributed by atoms with van der Waals surface area (Å²) in [6.45, 7) is 1.15. The summed E-state index contributed by atoms with van der Waals surface area (Å²) in [5.74, 6) is 0.539. The summed E-state index contributed by atoms with van der Waals surface area (Å²) < 4.78 is 13.1. The van der Waals surface area contributed by atoms with Crippen molar-refractivity contribution in [1.29, 1.82) is 0 Å². The zero-order chi connectivity index (χ0) is 10.3. The molecule has 0 amide bonds. The smallest absolute Gasteiger partial charge is 0.123 e. The van der Waals surface area contributed by atoms with E-state index in [1.54, 1.807) is 12.1 Å². The molecule has 0 saturated carbocycles. The third-order valence-electron chi connectivity index (χ3n) is 3.81. The van der Waals surface area contributed by atoms with Gasteiger partial charge in [-0.25, -0.2) is 4.39 Å². The van der Waals surface area contributed by atoms with Crippen molar-refractivity contribution in [1.82, 2.24) is 5.32 Å². The average Bonchev–Trinajstić information content (AvgIpc) is 2.82. The van der Waals surface area contributed by atoms with E-state index in [9.17, 15) is 4.39 Å². The summed E-state index contributed by atoms with van der Waals surface area (Å²) in [7, 11) is 0. The van der Waals surface area contributed by atoms with Crippen LogP contribution >= 0.6 is 0 Å². The Bertz CT molecular complexity index is 369. The minimum absolute atomic E-state index is 0.0891. The number of halogens is 1. The molecular weight excluding hydrogens is 189 g/mol. The Morgan fingerprint density at radius 2 is 2.20 bits per heavy atom. The maximum Gasteiger partial charge on any atom is 0.123 e. The summed E-state index contributed by atoms with van der Waals surface area (Å²) in [4.78, 5) is 0. The maximum atomic E-state index is 13.1. The number of aryl methyl sites for hydroxylation is 1. The topological polar surface area (TPSA) is 12.0 Å². The minimum atomic E-state index is -0.0891. The molecule has 1 N–H and O–H groups in total. The molecule has 1 heterocycles. The highest BCUT2D eigenvalue weighted by atomic mass is 19.1. The number of fused-ring (bicyclic) bond motifs is 1. The standard InChI is InChI=1S/C13H16FN/c14-10-4-6-11-9(8-10)3-5-12(11)13-2-1-7-15-13/h4,6,8,12-13,15H,1-3,5,7H2. The van der Waals surface area contributed by atoms with Crippen molar-refractivity contribution in [2.45, 2.75) is 37.6 Å². The van der Waals surface area contributed by atoms with E-state index in [4.69, 9.17) is 0 Å². The highest BCUT2D eigenvalue weighted by Gasteiger charge is 2.31. The summed E-state index contributed by atoms with van der Waals surface area (Å²) in [5.41, 5.74) is 2.62. The van der Waals surface area contributed by atoms with Gasteiger partial charge in [0.15, 0.2) is 0 Å². The summed E-state index contributed by atoms with van der Waals surface area (Å²) in [6.07, 6.45) is 4.81. The van der Waals surface area contributed by atoms with Crippen LogP contribution in [0.15, 0.2) is 18.2 Å². The number of hydrogen-bond acceptors (Lipinski definition) is 1. The van der Waals surface area contributed by atoms with Gasteiger partial charge in [0.1, 0.15) is 5.82 Å². The molecule has 0 bridgehead atoms. The van der Waals surface area contributed by atoms with Gasteiger partial charge < -0.3 is 5.32 Å². The van der Waals surface area contributed by atoms with Crippen molar-refractivity contribution < 1.29 is 4.39 Å². The van der Waals surface area contributed by atoms with E-state index in [1.807, 2.05) is 6.07 Å². The third-order valence-corrected chi connectivity index (χ3v) is 3.81. The Hall–Kier alpha value is -0.890. The maximum absolute atomic E-state index is 13.1. The first kappa shape index (κ1) is 9.34. The van der Waals surface area contributed by atoms with Crippen LogP contribution in [0.3, 0.4) is 0 Å². The number of hydrogen-bond donors (Lipinski definition) is 1. The lowest BCUT2D eigenvalue weighted by Gasteiger charge is -2.19. The second kappa shape index (κ2) is 3.60. The van der Waals surface area contributed by atoms with Crippen molar-refractivity contribution in [2.75, 3.05) is 6.54 Å². The lowest BCUT2D eigenvalue weighted by Crippen LogP contribution is -2.27. The first-order valence-corrected chi connectivity index (χ1v) is 5.86. The Morgan fingerprint density at radius 1 is 1.27 bits per heavy atom. The molecule has 2 unspecified atom stereocenters. The van der Waals surface area contributed by atoms with Gasteiger partial charge in [0.25, 0.3) is 0 Å². The van der Waals surface area contributed by atoms with E-state index in [0.29, 0.717) is 12.0 Å². The number of rotatable bonds is 1. The Kier molecular flexibility index (Phi) is 2.24. The fourth-order valence-electron chi connectivity index (χ4n) is 3.09. The average molecular weight is 205 g/mol. The lowest BCUT2D eigenvalue weighted by molar-refractivity contribution is 0.485. The van der Waals surface area contributed by atoms with Gasteiger partial charge in [0, 0.05) is 6.04 Å². The van der Waals surface area contributed by atoms with Gasteiger partial charge in [-0.2, -0.15) is 0 Å². The molecule has 2 heteroatoms. The van der Waals surface area contributed by atoms with Gasteiger partial charge in [-0.3, -0.25) is 0 Å². The Labute approximate surface area is 89.7 Å². The van der Waals surface area contributed by atoms with Crippen molar-refractivity contribution >= 4 is 0 Å². The van der Waals surface area contributed by atoms with Crippen LogP contribution in [0.2, 0.25) is 0 Å². The van der Waals surface area contributed by atoms with E-state index in [1.165, 1.54) is 30.4 Å². The summed E-state index contributed by atoms with van der Waals surface area (Å²) >= 11 is 0. The van der Waals surface area contributed by atoms with Crippen LogP contribution in [0.4, 0.5) is 4.39 Å². The number of benzene rings is 1. The molecule has 1 nitrogen and oxygen atoms in total. The van der Waals surface area contributed by atoms with Gasteiger partial charge in [0.2, 0.25) is 0 Å². The van der Waals surface area contributed by atoms with E-state index in [-0.39, 0.29) is 5.82 Å². The monoisotopic (exact) mass is 205 g/mol. The lowest BCUT2D eigenvalue weighted by atomic mass is 9.92. The molecule has 1 aromatic carbocycles. The van der Waals surface area contributed by atoms with Crippen molar-refractivity contribution in [3.63, 3.8) is 0 Å². The van der Waals surface area contributed by atoms with Crippen LogP contribution < -0.4 is 5.32 Å².